The minimum absolute atomic E-state index is 0.125. The van der Waals surface area contributed by atoms with Gasteiger partial charge in [0.05, 0.1) is 15.5 Å². The number of rotatable bonds is 5. The maximum absolute atomic E-state index is 13.3. The Kier molecular flexibility index (Phi) is 5.77. The summed E-state index contributed by atoms with van der Waals surface area (Å²) in [5, 5.41) is 0. The minimum Gasteiger partial charge on any atom is -0.280 e. The van der Waals surface area contributed by atoms with Crippen molar-refractivity contribution in [3.05, 3.63) is 82.9 Å². The Morgan fingerprint density at radius 2 is 1.47 bits per heavy atom. The molecule has 0 bridgehead atoms. The molecule has 32 heavy (non-hydrogen) atoms. The van der Waals surface area contributed by atoms with Gasteiger partial charge >= 0.3 is 0 Å². The fourth-order valence-corrected chi connectivity index (χ4v) is 7.42. The molecule has 0 saturated heterocycles. The zero-order valence-electron chi connectivity index (χ0n) is 18.3. The smallest absolute Gasteiger partial charge is 0.264 e. The number of benzene rings is 3. The fourth-order valence-electron chi connectivity index (χ4n) is 4.37. The van der Waals surface area contributed by atoms with E-state index in [2.05, 4.69) is 4.72 Å². The van der Waals surface area contributed by atoms with Gasteiger partial charge in [-0.3, -0.25) is 9.03 Å². The predicted octanol–water partition coefficient (Wildman–Crippen LogP) is 4.55. The number of fused-ring (bicyclic) bond motifs is 1. The topological polar surface area (TPSA) is 83.5 Å². The van der Waals surface area contributed by atoms with Crippen LogP contribution >= 0.6 is 0 Å². The normalized spacial score (nSPS) is 14.2. The Bertz CT molecular complexity index is 1360. The van der Waals surface area contributed by atoms with Crippen LogP contribution in [-0.2, 0) is 26.5 Å². The molecule has 1 heterocycles. The SMILES string of the molecule is Cc1cc(C)c(S(=O)(=O)Nc2ccc(S(=O)(=O)N3CCCc4ccccc43)cc2)c(C)c1. The Balaban J connectivity index is 1.62. The van der Waals surface area contributed by atoms with Crippen LogP contribution in [0, 0.1) is 20.8 Å². The van der Waals surface area contributed by atoms with Crippen LogP contribution in [0.1, 0.15) is 28.7 Å². The monoisotopic (exact) mass is 470 g/mol. The molecule has 0 amide bonds. The molecule has 3 aromatic rings. The minimum atomic E-state index is -3.81. The number of hydrogen-bond acceptors (Lipinski definition) is 4. The van der Waals surface area contributed by atoms with Crippen LogP contribution in [0.4, 0.5) is 11.4 Å². The zero-order chi connectivity index (χ0) is 23.1. The van der Waals surface area contributed by atoms with E-state index in [4.69, 9.17) is 0 Å². The highest BCUT2D eigenvalue weighted by Gasteiger charge is 2.29. The van der Waals surface area contributed by atoms with Gasteiger partial charge in [-0.15, -0.1) is 0 Å². The van der Waals surface area contributed by atoms with Crippen molar-refractivity contribution in [2.24, 2.45) is 0 Å². The lowest BCUT2D eigenvalue weighted by atomic mass is 10.0. The number of para-hydroxylation sites is 1. The molecule has 0 saturated carbocycles. The van der Waals surface area contributed by atoms with Gasteiger partial charge in [-0.1, -0.05) is 35.9 Å². The first-order chi connectivity index (χ1) is 15.1. The Labute approximate surface area is 190 Å². The van der Waals surface area contributed by atoms with Crippen molar-refractivity contribution < 1.29 is 16.8 Å². The van der Waals surface area contributed by atoms with Gasteiger partial charge in [0.15, 0.2) is 0 Å². The largest absolute Gasteiger partial charge is 0.280 e. The molecule has 0 spiro atoms. The van der Waals surface area contributed by atoms with Gasteiger partial charge in [0, 0.05) is 12.2 Å². The second kappa shape index (κ2) is 8.26. The summed E-state index contributed by atoms with van der Waals surface area (Å²) in [5.74, 6) is 0. The van der Waals surface area contributed by atoms with Gasteiger partial charge in [0.1, 0.15) is 0 Å². The third-order valence-corrected chi connectivity index (χ3v) is 9.15. The Morgan fingerprint density at radius 3 is 2.12 bits per heavy atom. The summed E-state index contributed by atoms with van der Waals surface area (Å²) in [5.41, 5.74) is 4.34. The van der Waals surface area contributed by atoms with Gasteiger partial charge in [0.25, 0.3) is 20.0 Å². The van der Waals surface area contributed by atoms with Gasteiger partial charge in [0.2, 0.25) is 0 Å². The van der Waals surface area contributed by atoms with Crippen molar-refractivity contribution in [1.82, 2.24) is 0 Å². The lowest BCUT2D eigenvalue weighted by molar-refractivity contribution is 0.586. The highest BCUT2D eigenvalue weighted by molar-refractivity contribution is 7.93. The molecule has 0 fully saturated rings. The van der Waals surface area contributed by atoms with Gasteiger partial charge in [-0.05, 0) is 80.6 Å². The average Bonchev–Trinajstić information content (AvgIpc) is 2.72. The first-order valence-corrected chi connectivity index (χ1v) is 13.3. The second-order valence-corrected chi connectivity index (χ2v) is 11.6. The number of hydrogen-bond donors (Lipinski definition) is 1. The highest BCUT2D eigenvalue weighted by Crippen LogP contribution is 2.32. The molecule has 0 atom stereocenters. The summed E-state index contributed by atoms with van der Waals surface area (Å²) >= 11 is 0. The molecule has 0 unspecified atom stereocenters. The summed E-state index contributed by atoms with van der Waals surface area (Å²) in [7, 11) is -7.56. The molecule has 6 nitrogen and oxygen atoms in total. The molecule has 0 aliphatic carbocycles. The molecule has 1 aliphatic rings. The van der Waals surface area contributed by atoms with Crippen molar-refractivity contribution >= 4 is 31.4 Å². The number of anilines is 2. The highest BCUT2D eigenvalue weighted by atomic mass is 32.2. The molecule has 0 radical (unpaired) electrons. The maximum atomic E-state index is 13.3. The molecule has 0 aromatic heterocycles. The van der Waals surface area contributed by atoms with Crippen LogP contribution in [0.15, 0.2) is 70.5 Å². The second-order valence-electron chi connectivity index (χ2n) is 8.17. The predicted molar refractivity (Wildman–Crippen MR) is 127 cm³/mol. The van der Waals surface area contributed by atoms with Crippen molar-refractivity contribution in [3.63, 3.8) is 0 Å². The zero-order valence-corrected chi connectivity index (χ0v) is 19.9. The molecule has 1 aliphatic heterocycles. The third kappa shape index (κ3) is 4.12. The molecule has 8 heteroatoms. The number of nitrogens with one attached hydrogen (secondary N) is 1. The Morgan fingerprint density at radius 1 is 0.844 bits per heavy atom. The van der Waals surface area contributed by atoms with Gasteiger partial charge < -0.3 is 0 Å². The van der Waals surface area contributed by atoms with E-state index in [0.29, 0.717) is 29.0 Å². The molecule has 168 valence electrons. The van der Waals surface area contributed by atoms with Gasteiger partial charge in [-0.25, -0.2) is 16.8 Å². The number of nitrogens with zero attached hydrogens (tertiary/aromatic N) is 1. The van der Waals surface area contributed by atoms with E-state index in [1.165, 1.54) is 28.6 Å². The van der Waals surface area contributed by atoms with Crippen LogP contribution in [0.5, 0.6) is 0 Å². The van der Waals surface area contributed by atoms with Gasteiger partial charge in [-0.2, -0.15) is 0 Å². The van der Waals surface area contributed by atoms with Crippen molar-refractivity contribution in [2.45, 2.75) is 43.4 Å². The van der Waals surface area contributed by atoms with E-state index in [-0.39, 0.29) is 9.79 Å². The number of aryl methyl sites for hydroxylation is 4. The average molecular weight is 471 g/mol. The summed E-state index contributed by atoms with van der Waals surface area (Å²) < 4.78 is 56.5. The van der Waals surface area contributed by atoms with Crippen molar-refractivity contribution in [1.29, 1.82) is 0 Å². The summed E-state index contributed by atoms with van der Waals surface area (Å²) in [4.78, 5) is 0.365. The van der Waals surface area contributed by atoms with Crippen LogP contribution in [0.25, 0.3) is 0 Å². The standard InChI is InChI=1S/C24H26N2O4S2/c1-17-15-18(2)24(19(3)16-17)31(27,28)25-21-10-12-22(13-11-21)32(29,30)26-14-6-8-20-7-4-5-9-23(20)26/h4-5,7,9-13,15-16,25H,6,8,14H2,1-3H3. The van der Waals surface area contributed by atoms with E-state index < -0.39 is 20.0 Å². The maximum Gasteiger partial charge on any atom is 0.264 e. The summed E-state index contributed by atoms with van der Waals surface area (Å²) in [6.45, 7) is 5.87. The molecule has 3 aromatic carbocycles. The third-order valence-electron chi connectivity index (χ3n) is 5.64. The van der Waals surface area contributed by atoms with Crippen molar-refractivity contribution in [2.75, 3.05) is 15.6 Å². The van der Waals surface area contributed by atoms with Crippen LogP contribution in [0.2, 0.25) is 0 Å². The van der Waals surface area contributed by atoms with E-state index in [0.717, 1.165) is 24.0 Å². The van der Waals surface area contributed by atoms with Crippen LogP contribution < -0.4 is 9.03 Å². The Hall–Kier alpha value is -2.84. The molecule has 4 rings (SSSR count). The van der Waals surface area contributed by atoms with E-state index >= 15 is 0 Å². The first-order valence-electron chi connectivity index (χ1n) is 10.4. The van der Waals surface area contributed by atoms with Crippen molar-refractivity contribution in [3.8, 4) is 0 Å². The van der Waals surface area contributed by atoms with Crippen LogP contribution in [-0.4, -0.2) is 23.4 Å². The lowest BCUT2D eigenvalue weighted by Gasteiger charge is -2.30. The molecule has 1 N–H and O–H groups in total. The molecular weight excluding hydrogens is 444 g/mol. The summed E-state index contributed by atoms with van der Waals surface area (Å²) in [6, 6.07) is 17.0. The molecular formula is C24H26N2O4S2. The van der Waals surface area contributed by atoms with E-state index in [1.54, 1.807) is 13.8 Å². The van der Waals surface area contributed by atoms with E-state index in [9.17, 15) is 16.8 Å². The quantitative estimate of drug-likeness (QED) is 0.593. The fraction of sp³-hybridized carbons (Fsp3) is 0.250. The number of sulfonamides is 2. The van der Waals surface area contributed by atoms with E-state index in [1.807, 2.05) is 43.3 Å². The lowest BCUT2D eigenvalue weighted by Crippen LogP contribution is -2.35. The summed E-state index contributed by atoms with van der Waals surface area (Å²) in [6.07, 6.45) is 1.60. The first kappa shape index (κ1) is 22.4. The van der Waals surface area contributed by atoms with Crippen LogP contribution in [0.3, 0.4) is 0 Å².